The maximum atomic E-state index is 13.1. The zero-order valence-corrected chi connectivity index (χ0v) is 16.0. The lowest BCUT2D eigenvalue weighted by Crippen LogP contribution is -2.18. The summed E-state index contributed by atoms with van der Waals surface area (Å²) >= 11 is 2.95. The molecule has 27 heavy (non-hydrogen) atoms. The van der Waals surface area contributed by atoms with Crippen LogP contribution in [0.1, 0.15) is 10.8 Å². The van der Waals surface area contributed by atoms with Gasteiger partial charge in [-0.25, -0.2) is 4.98 Å². The number of hydrogen-bond acceptors (Lipinski definition) is 5. The maximum absolute atomic E-state index is 13.1. The molecule has 0 fully saturated rings. The molecule has 4 nitrogen and oxygen atoms in total. The van der Waals surface area contributed by atoms with Gasteiger partial charge in [0.25, 0.3) is 0 Å². The molecule has 0 aliphatic heterocycles. The van der Waals surface area contributed by atoms with Crippen molar-refractivity contribution in [2.75, 3.05) is 11.1 Å². The van der Waals surface area contributed by atoms with Gasteiger partial charge >= 0.3 is 0 Å². The van der Waals surface area contributed by atoms with E-state index in [0.717, 1.165) is 20.7 Å². The number of carbonyl (C=O) groups is 1. The third-order valence-electron chi connectivity index (χ3n) is 3.98. The molecule has 0 saturated heterocycles. The number of anilines is 2. The first-order valence-electron chi connectivity index (χ1n) is 8.42. The van der Waals surface area contributed by atoms with Crippen LogP contribution in [0.15, 0.2) is 83.8 Å². The molecule has 0 radical (unpaired) electrons. The number of benzene rings is 3. The monoisotopic (exact) mass is 391 g/mol. The van der Waals surface area contributed by atoms with Crippen LogP contribution in [0.2, 0.25) is 0 Å². The topological polar surface area (TPSA) is 68.0 Å². The summed E-state index contributed by atoms with van der Waals surface area (Å²) in [6, 6.07) is 25.2. The van der Waals surface area contributed by atoms with E-state index in [4.69, 9.17) is 5.73 Å². The second kappa shape index (κ2) is 7.82. The summed E-state index contributed by atoms with van der Waals surface area (Å²) in [5.41, 5.74) is 8.39. The molecule has 0 saturated carbocycles. The number of nitrogen functional groups attached to an aromatic ring is 1. The number of hydrogen-bond donors (Lipinski definition) is 2. The molecule has 0 aliphatic carbocycles. The Bertz CT molecular complexity index is 1050. The van der Waals surface area contributed by atoms with Crippen LogP contribution in [0.3, 0.4) is 0 Å². The summed E-state index contributed by atoms with van der Waals surface area (Å²) in [6.45, 7) is 0. The fourth-order valence-electron chi connectivity index (χ4n) is 2.72. The second-order valence-corrected chi connectivity index (χ2v) is 8.17. The van der Waals surface area contributed by atoms with Crippen molar-refractivity contribution >= 4 is 50.0 Å². The van der Waals surface area contributed by atoms with Crippen LogP contribution in [0.25, 0.3) is 10.2 Å². The van der Waals surface area contributed by atoms with Crippen molar-refractivity contribution in [2.24, 2.45) is 0 Å². The number of amides is 1. The van der Waals surface area contributed by atoms with Gasteiger partial charge in [-0.1, -0.05) is 59.9 Å². The molecular formula is C21H17N3OS2. The Morgan fingerprint density at radius 1 is 1.00 bits per heavy atom. The normalized spacial score (nSPS) is 12.0. The van der Waals surface area contributed by atoms with E-state index in [1.807, 2.05) is 78.9 Å². The highest BCUT2D eigenvalue weighted by atomic mass is 32.2. The van der Waals surface area contributed by atoms with Crippen molar-refractivity contribution in [2.45, 2.75) is 10.1 Å². The van der Waals surface area contributed by atoms with E-state index in [1.165, 1.54) is 23.1 Å². The van der Waals surface area contributed by atoms with Gasteiger partial charge in [0.2, 0.25) is 5.91 Å². The number of fused-ring (bicyclic) bond motifs is 1. The zero-order valence-electron chi connectivity index (χ0n) is 14.3. The first-order valence-corrected chi connectivity index (χ1v) is 10.1. The summed E-state index contributed by atoms with van der Waals surface area (Å²) in [6.07, 6.45) is 0. The van der Waals surface area contributed by atoms with Gasteiger partial charge in [0.15, 0.2) is 5.13 Å². The van der Waals surface area contributed by atoms with Gasteiger partial charge in [-0.15, -0.1) is 11.8 Å². The van der Waals surface area contributed by atoms with Gasteiger partial charge in [0, 0.05) is 10.6 Å². The average molecular weight is 392 g/mol. The Balaban J connectivity index is 1.62. The van der Waals surface area contributed by atoms with E-state index in [1.54, 1.807) is 0 Å². The largest absolute Gasteiger partial charge is 0.399 e. The Labute approximate surface area is 165 Å². The van der Waals surface area contributed by atoms with E-state index in [2.05, 4.69) is 10.3 Å². The van der Waals surface area contributed by atoms with Gasteiger partial charge in [0.05, 0.1) is 10.2 Å². The average Bonchev–Trinajstić information content (AvgIpc) is 3.09. The highest BCUT2D eigenvalue weighted by molar-refractivity contribution is 8.00. The van der Waals surface area contributed by atoms with Gasteiger partial charge in [-0.2, -0.15) is 0 Å². The first-order chi connectivity index (χ1) is 13.2. The molecule has 0 bridgehead atoms. The van der Waals surface area contributed by atoms with Gasteiger partial charge in [-0.3, -0.25) is 4.79 Å². The highest BCUT2D eigenvalue weighted by Gasteiger charge is 2.23. The number of aromatic nitrogens is 1. The Kier molecular flexibility index (Phi) is 5.09. The molecule has 0 aliphatic rings. The fraction of sp³-hybridized carbons (Fsp3) is 0.0476. The van der Waals surface area contributed by atoms with Crippen molar-refractivity contribution in [1.29, 1.82) is 0 Å². The van der Waals surface area contributed by atoms with Gasteiger partial charge in [0.1, 0.15) is 5.25 Å². The number of thiazole rings is 1. The second-order valence-electron chi connectivity index (χ2n) is 5.96. The SMILES string of the molecule is Nc1cccc(SC(C(=O)Nc2nc3ccccc3s2)c2ccccc2)c1. The predicted molar refractivity (Wildman–Crippen MR) is 114 cm³/mol. The van der Waals surface area contributed by atoms with Crippen LogP contribution in [0.5, 0.6) is 0 Å². The van der Waals surface area contributed by atoms with Crippen molar-refractivity contribution < 1.29 is 4.79 Å². The minimum Gasteiger partial charge on any atom is -0.399 e. The summed E-state index contributed by atoms with van der Waals surface area (Å²) in [4.78, 5) is 18.5. The number of nitrogens with one attached hydrogen (secondary N) is 1. The molecule has 4 aromatic rings. The predicted octanol–water partition coefficient (Wildman–Crippen LogP) is 5.35. The summed E-state index contributed by atoms with van der Waals surface area (Å²) in [7, 11) is 0. The lowest BCUT2D eigenvalue weighted by Gasteiger charge is -2.16. The number of rotatable bonds is 5. The fourth-order valence-corrected chi connectivity index (χ4v) is 4.68. The Morgan fingerprint density at radius 3 is 2.56 bits per heavy atom. The number of thioether (sulfide) groups is 1. The molecule has 1 heterocycles. The quantitative estimate of drug-likeness (QED) is 0.355. The molecule has 1 atom stereocenters. The molecule has 0 spiro atoms. The summed E-state index contributed by atoms with van der Waals surface area (Å²) < 4.78 is 1.05. The standard InChI is InChI=1S/C21H17N3OS2/c22-15-9-6-10-16(13-15)26-19(14-7-2-1-3-8-14)20(25)24-21-23-17-11-4-5-12-18(17)27-21/h1-13,19H,22H2,(H,23,24,25). The minimum atomic E-state index is -0.403. The van der Waals surface area contributed by atoms with Gasteiger partial charge < -0.3 is 11.1 Å². The van der Waals surface area contributed by atoms with Crippen LogP contribution in [0, 0.1) is 0 Å². The van der Waals surface area contributed by atoms with E-state index in [-0.39, 0.29) is 5.91 Å². The lowest BCUT2D eigenvalue weighted by atomic mass is 10.1. The van der Waals surface area contributed by atoms with E-state index in [9.17, 15) is 4.79 Å². The number of carbonyl (C=O) groups excluding carboxylic acids is 1. The van der Waals surface area contributed by atoms with E-state index < -0.39 is 5.25 Å². The molecule has 1 aromatic heterocycles. The van der Waals surface area contributed by atoms with Crippen molar-refractivity contribution in [3.05, 3.63) is 84.4 Å². The molecule has 1 unspecified atom stereocenters. The molecular weight excluding hydrogens is 374 g/mol. The maximum Gasteiger partial charge on any atom is 0.244 e. The zero-order chi connectivity index (χ0) is 18.6. The summed E-state index contributed by atoms with van der Waals surface area (Å²) in [5, 5.41) is 3.19. The number of nitrogens with zero attached hydrogens (tertiary/aromatic N) is 1. The van der Waals surface area contributed by atoms with Crippen molar-refractivity contribution in [3.8, 4) is 0 Å². The van der Waals surface area contributed by atoms with Crippen LogP contribution >= 0.6 is 23.1 Å². The van der Waals surface area contributed by atoms with Crippen LogP contribution < -0.4 is 11.1 Å². The third-order valence-corrected chi connectivity index (χ3v) is 6.18. The van der Waals surface area contributed by atoms with Crippen molar-refractivity contribution in [3.63, 3.8) is 0 Å². The smallest absolute Gasteiger partial charge is 0.244 e. The molecule has 134 valence electrons. The Hall–Kier alpha value is -2.83. The van der Waals surface area contributed by atoms with Gasteiger partial charge in [-0.05, 0) is 35.9 Å². The molecule has 3 N–H and O–H groups in total. The Morgan fingerprint density at radius 2 is 1.78 bits per heavy atom. The van der Waals surface area contributed by atoms with Crippen LogP contribution in [0.4, 0.5) is 10.8 Å². The van der Waals surface area contributed by atoms with E-state index in [0.29, 0.717) is 10.8 Å². The highest BCUT2D eigenvalue weighted by Crippen LogP contribution is 2.37. The third kappa shape index (κ3) is 4.13. The molecule has 3 aromatic carbocycles. The molecule has 6 heteroatoms. The number of nitrogens with two attached hydrogens (primary N) is 1. The van der Waals surface area contributed by atoms with Crippen LogP contribution in [-0.4, -0.2) is 10.9 Å². The molecule has 4 rings (SSSR count). The summed E-state index contributed by atoms with van der Waals surface area (Å²) in [5.74, 6) is -0.104. The van der Waals surface area contributed by atoms with Crippen molar-refractivity contribution in [1.82, 2.24) is 4.98 Å². The molecule has 1 amide bonds. The van der Waals surface area contributed by atoms with Crippen LogP contribution in [-0.2, 0) is 4.79 Å². The first kappa shape index (κ1) is 17.6. The number of para-hydroxylation sites is 1. The minimum absolute atomic E-state index is 0.104. The lowest BCUT2D eigenvalue weighted by molar-refractivity contribution is -0.115. The van der Waals surface area contributed by atoms with E-state index >= 15 is 0 Å².